The molecule has 0 bridgehead atoms. The van der Waals surface area contributed by atoms with Crippen LogP contribution < -0.4 is 5.32 Å². The summed E-state index contributed by atoms with van der Waals surface area (Å²) in [5.74, 6) is 1.80. The Labute approximate surface area is 216 Å². The maximum Gasteiger partial charge on any atom is 0.164 e. The number of rotatable bonds is 7. The number of nitrogens with zero attached hydrogens (tertiary/aromatic N) is 6. The van der Waals surface area contributed by atoms with Gasteiger partial charge in [0.2, 0.25) is 0 Å². The molecule has 1 fully saturated rings. The van der Waals surface area contributed by atoms with E-state index in [0.29, 0.717) is 0 Å². The number of aryl methyl sites for hydroxylation is 2. The van der Waals surface area contributed by atoms with E-state index >= 15 is 0 Å². The van der Waals surface area contributed by atoms with Gasteiger partial charge in [-0.1, -0.05) is 23.7 Å². The van der Waals surface area contributed by atoms with E-state index in [4.69, 9.17) is 16.6 Å². The molecule has 0 saturated carbocycles. The quantitative estimate of drug-likeness (QED) is 0.485. The van der Waals surface area contributed by atoms with Gasteiger partial charge in [0.15, 0.2) is 5.82 Å². The van der Waals surface area contributed by atoms with Gasteiger partial charge in [0, 0.05) is 53.8 Å². The Balaban J connectivity index is 1.39. The summed E-state index contributed by atoms with van der Waals surface area (Å²) in [4.78, 5) is 11.6. The molecular formula is C26H34ClN7S. The number of benzene rings is 1. The first-order chi connectivity index (χ1) is 16.9. The van der Waals surface area contributed by atoms with Gasteiger partial charge in [-0.15, -0.1) is 21.5 Å². The number of nitrogens with one attached hydrogen (secondary N) is 1. The molecule has 186 valence electrons. The highest BCUT2D eigenvalue weighted by Gasteiger charge is 2.31. The number of aromatic nitrogens is 3. The minimum absolute atomic E-state index is 0.121. The van der Waals surface area contributed by atoms with Crippen molar-refractivity contribution in [1.82, 2.24) is 29.9 Å². The highest BCUT2D eigenvalue weighted by atomic mass is 35.5. The van der Waals surface area contributed by atoms with Crippen molar-refractivity contribution < 1.29 is 0 Å². The van der Waals surface area contributed by atoms with E-state index < -0.39 is 0 Å². The Kier molecular flexibility index (Phi) is 7.37. The fourth-order valence-corrected chi connectivity index (χ4v) is 6.21. The number of piperazine rings is 1. The number of fused-ring (bicyclic) bond motifs is 3. The van der Waals surface area contributed by atoms with Crippen LogP contribution >= 0.6 is 22.9 Å². The Bertz CT molecular complexity index is 1210. The summed E-state index contributed by atoms with van der Waals surface area (Å²) in [6.45, 7) is 13.9. The number of likely N-dealkylation sites (N-methyl/N-ethyl adjacent to an activating group) is 1. The van der Waals surface area contributed by atoms with Crippen LogP contribution in [0.25, 0.3) is 5.00 Å². The number of aliphatic imine (C=N–C) groups is 1. The van der Waals surface area contributed by atoms with Crippen LogP contribution in [0.3, 0.4) is 0 Å². The average Bonchev–Trinajstić information content (AvgIpc) is 3.32. The minimum atomic E-state index is -0.121. The number of hydrogen-bond donors (Lipinski definition) is 1. The van der Waals surface area contributed by atoms with Gasteiger partial charge in [-0.05, 0) is 65.0 Å². The Hall–Kier alpha value is -2.10. The Morgan fingerprint density at radius 1 is 1.06 bits per heavy atom. The maximum atomic E-state index is 6.21. The second-order valence-corrected chi connectivity index (χ2v) is 11.2. The fourth-order valence-electron chi connectivity index (χ4n) is 4.87. The molecule has 35 heavy (non-hydrogen) atoms. The van der Waals surface area contributed by atoms with Gasteiger partial charge < -0.3 is 15.1 Å². The van der Waals surface area contributed by atoms with Crippen molar-refractivity contribution in [2.45, 2.75) is 33.2 Å². The molecule has 2 aromatic heterocycles. The molecule has 1 N–H and O–H groups in total. The van der Waals surface area contributed by atoms with Crippen LogP contribution in [0.1, 0.15) is 45.7 Å². The van der Waals surface area contributed by atoms with Crippen LogP contribution in [0, 0.1) is 20.8 Å². The lowest BCUT2D eigenvalue weighted by atomic mass is 10.00. The van der Waals surface area contributed by atoms with E-state index in [9.17, 15) is 0 Å². The second kappa shape index (κ2) is 10.5. The van der Waals surface area contributed by atoms with Crippen LogP contribution in [0.15, 0.2) is 29.3 Å². The largest absolute Gasteiger partial charge is 0.314 e. The van der Waals surface area contributed by atoms with Gasteiger partial charge >= 0.3 is 0 Å². The third-order valence-corrected chi connectivity index (χ3v) is 8.56. The summed E-state index contributed by atoms with van der Waals surface area (Å²) in [5.41, 5.74) is 4.52. The van der Waals surface area contributed by atoms with Gasteiger partial charge in [0.25, 0.3) is 0 Å². The summed E-state index contributed by atoms with van der Waals surface area (Å²) in [5, 5.41) is 14.6. The van der Waals surface area contributed by atoms with Gasteiger partial charge in [0.05, 0.1) is 5.71 Å². The van der Waals surface area contributed by atoms with Crippen LogP contribution in [0.5, 0.6) is 0 Å². The molecule has 9 heteroatoms. The van der Waals surface area contributed by atoms with Crippen LogP contribution in [-0.4, -0.2) is 83.1 Å². The second-order valence-electron chi connectivity index (χ2n) is 9.61. The Morgan fingerprint density at radius 2 is 1.80 bits per heavy atom. The van der Waals surface area contributed by atoms with Crippen LogP contribution in [0.4, 0.5) is 0 Å². The minimum Gasteiger partial charge on any atom is -0.314 e. The van der Waals surface area contributed by atoms with Crippen molar-refractivity contribution in [2.24, 2.45) is 4.99 Å². The van der Waals surface area contributed by atoms with Gasteiger partial charge in [-0.2, -0.15) is 0 Å². The first kappa shape index (κ1) is 24.6. The highest BCUT2D eigenvalue weighted by Crippen LogP contribution is 2.38. The topological polar surface area (TPSA) is 61.6 Å². The molecule has 1 saturated heterocycles. The van der Waals surface area contributed by atoms with Crippen molar-refractivity contribution in [2.75, 3.05) is 52.9 Å². The molecule has 1 atom stereocenters. The Morgan fingerprint density at radius 3 is 2.54 bits per heavy atom. The number of thiophene rings is 1. The highest BCUT2D eigenvalue weighted by molar-refractivity contribution is 7.15. The van der Waals surface area contributed by atoms with E-state index in [1.165, 1.54) is 16.0 Å². The summed E-state index contributed by atoms with van der Waals surface area (Å²) < 4.78 is 2.21. The first-order valence-corrected chi connectivity index (χ1v) is 13.6. The zero-order chi connectivity index (χ0) is 24.5. The van der Waals surface area contributed by atoms with E-state index in [1.807, 2.05) is 19.1 Å². The standard InChI is InChI=1S/C26H34ClN7S/c1-17-18(2)35-26-23(17)24(20-6-8-21(27)9-7-20)29-22(25-31-30-19(3)34(25)26)16-28-10-5-11-33-14-12-32(4)13-15-33/h6-9,22,28H,5,10-16H2,1-4H3/t22-/m0/s1. The molecule has 0 radical (unpaired) electrons. The van der Waals surface area contributed by atoms with Gasteiger partial charge in [-0.3, -0.25) is 9.56 Å². The molecule has 2 aliphatic rings. The summed E-state index contributed by atoms with van der Waals surface area (Å²) in [6.07, 6.45) is 1.13. The molecule has 0 aliphatic carbocycles. The van der Waals surface area contributed by atoms with E-state index in [0.717, 1.165) is 85.2 Å². The SMILES string of the molecule is Cc1sc2c(c1C)C(c1ccc(Cl)cc1)=N[C@@H](CNCCCN1CCN(C)CC1)c1nnc(C)n1-2. The molecule has 4 heterocycles. The number of hydrogen-bond acceptors (Lipinski definition) is 7. The van der Waals surface area contributed by atoms with Crippen molar-refractivity contribution in [3.05, 3.63) is 62.5 Å². The van der Waals surface area contributed by atoms with E-state index in [1.54, 1.807) is 11.3 Å². The lowest BCUT2D eigenvalue weighted by molar-refractivity contribution is 0.152. The average molecular weight is 512 g/mol. The fraction of sp³-hybridized carbons (Fsp3) is 0.500. The van der Waals surface area contributed by atoms with Crippen LogP contribution in [-0.2, 0) is 0 Å². The molecular weight excluding hydrogens is 478 g/mol. The molecule has 0 spiro atoms. The van der Waals surface area contributed by atoms with Crippen LogP contribution in [0.2, 0.25) is 5.02 Å². The third kappa shape index (κ3) is 5.08. The summed E-state index contributed by atoms with van der Waals surface area (Å²) in [6, 6.07) is 7.89. The predicted octanol–water partition coefficient (Wildman–Crippen LogP) is 4.03. The first-order valence-electron chi connectivity index (χ1n) is 12.4. The normalized spacial score (nSPS) is 18.8. The van der Waals surface area contributed by atoms with Crippen molar-refractivity contribution >= 4 is 28.6 Å². The van der Waals surface area contributed by atoms with Crippen molar-refractivity contribution in [1.29, 1.82) is 0 Å². The zero-order valence-corrected chi connectivity index (χ0v) is 22.6. The van der Waals surface area contributed by atoms with E-state index in [-0.39, 0.29) is 6.04 Å². The molecule has 2 aliphatic heterocycles. The van der Waals surface area contributed by atoms with Crippen molar-refractivity contribution in [3.8, 4) is 5.00 Å². The lowest BCUT2D eigenvalue weighted by Crippen LogP contribution is -2.45. The van der Waals surface area contributed by atoms with Gasteiger partial charge in [0.1, 0.15) is 16.9 Å². The smallest absolute Gasteiger partial charge is 0.164 e. The molecule has 0 amide bonds. The molecule has 0 unspecified atom stereocenters. The van der Waals surface area contributed by atoms with Crippen molar-refractivity contribution in [3.63, 3.8) is 0 Å². The summed E-state index contributed by atoms with van der Waals surface area (Å²) >= 11 is 8.00. The molecule has 3 aromatic rings. The summed E-state index contributed by atoms with van der Waals surface area (Å²) in [7, 11) is 2.20. The monoisotopic (exact) mass is 511 g/mol. The lowest BCUT2D eigenvalue weighted by Gasteiger charge is -2.32. The third-order valence-electron chi connectivity index (χ3n) is 7.12. The maximum absolute atomic E-state index is 6.21. The number of halogens is 1. The van der Waals surface area contributed by atoms with E-state index in [2.05, 4.69) is 62.9 Å². The molecule has 5 rings (SSSR count). The zero-order valence-electron chi connectivity index (χ0n) is 21.0. The van der Waals surface area contributed by atoms with Gasteiger partial charge in [-0.25, -0.2) is 0 Å². The molecule has 7 nitrogen and oxygen atoms in total. The molecule has 1 aromatic carbocycles. The predicted molar refractivity (Wildman–Crippen MR) is 145 cm³/mol.